The van der Waals surface area contributed by atoms with E-state index in [0.717, 1.165) is 16.1 Å². The van der Waals surface area contributed by atoms with Crippen LogP contribution in [0.25, 0.3) is 6.08 Å². The standard InChI is InChI=1S/C18H21F3N2O/c1-2-9-17(10-7-13-5-3-4-6-14(13)12-17)16(18(19,20)21)23-11-8-15(24)22-23/h3-7,10,16H,2,8-9,11-12H2,1H3,(H,22,24). The van der Waals surface area contributed by atoms with Gasteiger partial charge in [0.05, 0.1) is 0 Å². The molecule has 1 aliphatic carbocycles. The molecular formula is C18H21F3N2O. The lowest BCUT2D eigenvalue weighted by molar-refractivity contribution is -0.214. The molecule has 0 spiro atoms. The molecule has 2 atom stereocenters. The van der Waals surface area contributed by atoms with E-state index >= 15 is 0 Å². The Kier molecular flexibility index (Phi) is 4.42. The summed E-state index contributed by atoms with van der Waals surface area (Å²) in [5, 5.41) is 1.09. The maximum Gasteiger partial charge on any atom is 0.406 e. The predicted molar refractivity (Wildman–Crippen MR) is 85.8 cm³/mol. The SMILES string of the molecule is CCCC1(C(N2CCC(=O)N2)C(F)(F)F)C=Cc2ccccc2C1. The Morgan fingerprint density at radius 3 is 2.71 bits per heavy atom. The molecule has 2 unspecified atom stereocenters. The summed E-state index contributed by atoms with van der Waals surface area (Å²) in [6.45, 7) is 1.98. The number of nitrogens with zero attached hydrogens (tertiary/aromatic N) is 1. The lowest BCUT2D eigenvalue weighted by Gasteiger charge is -2.45. The van der Waals surface area contributed by atoms with Gasteiger partial charge in [0.25, 0.3) is 0 Å². The van der Waals surface area contributed by atoms with Crippen LogP contribution in [0.1, 0.15) is 37.3 Å². The molecule has 0 aromatic heterocycles. The van der Waals surface area contributed by atoms with E-state index in [1.54, 1.807) is 12.2 Å². The van der Waals surface area contributed by atoms with Crippen molar-refractivity contribution in [2.45, 2.75) is 44.8 Å². The van der Waals surface area contributed by atoms with Gasteiger partial charge in [-0.3, -0.25) is 10.2 Å². The van der Waals surface area contributed by atoms with Gasteiger partial charge in [-0.1, -0.05) is 49.8 Å². The van der Waals surface area contributed by atoms with Crippen molar-refractivity contribution in [2.75, 3.05) is 6.54 Å². The molecule has 2 aliphatic rings. The number of rotatable bonds is 4. The molecule has 3 nitrogen and oxygen atoms in total. The highest BCUT2D eigenvalue weighted by Crippen LogP contribution is 2.47. The van der Waals surface area contributed by atoms with Crippen molar-refractivity contribution in [1.82, 2.24) is 10.4 Å². The Bertz CT molecular complexity index is 656. The average molecular weight is 338 g/mol. The highest BCUT2D eigenvalue weighted by molar-refractivity contribution is 5.77. The van der Waals surface area contributed by atoms with Gasteiger partial charge in [-0.25, -0.2) is 5.01 Å². The van der Waals surface area contributed by atoms with E-state index in [-0.39, 0.29) is 18.9 Å². The van der Waals surface area contributed by atoms with Gasteiger partial charge in [0, 0.05) is 18.4 Å². The van der Waals surface area contributed by atoms with Crippen molar-refractivity contribution in [3.05, 3.63) is 41.5 Å². The normalized spacial score (nSPS) is 25.4. The van der Waals surface area contributed by atoms with E-state index < -0.39 is 17.6 Å². The van der Waals surface area contributed by atoms with E-state index in [0.29, 0.717) is 19.3 Å². The molecule has 0 saturated carbocycles. The second kappa shape index (κ2) is 6.24. The fourth-order valence-electron chi connectivity index (χ4n) is 3.99. The number of hydrazine groups is 1. The number of carbonyl (C=O) groups is 1. The van der Waals surface area contributed by atoms with Gasteiger partial charge in [-0.2, -0.15) is 13.2 Å². The molecular weight excluding hydrogens is 317 g/mol. The molecule has 3 rings (SSSR count). The molecule has 1 heterocycles. The first kappa shape index (κ1) is 17.0. The third-order valence-electron chi connectivity index (χ3n) is 4.90. The highest BCUT2D eigenvalue weighted by atomic mass is 19.4. The lowest BCUT2D eigenvalue weighted by Crippen LogP contribution is -2.59. The minimum absolute atomic E-state index is 0.0873. The third-order valence-corrected chi connectivity index (χ3v) is 4.90. The average Bonchev–Trinajstić information content (AvgIpc) is 2.92. The second-order valence-electron chi connectivity index (χ2n) is 6.61. The molecule has 1 aromatic rings. The number of alkyl halides is 3. The van der Waals surface area contributed by atoms with E-state index in [4.69, 9.17) is 0 Å². The Balaban J connectivity index is 2.03. The van der Waals surface area contributed by atoms with Crippen molar-refractivity contribution < 1.29 is 18.0 Å². The van der Waals surface area contributed by atoms with Gasteiger partial charge in [-0.15, -0.1) is 0 Å². The Morgan fingerprint density at radius 1 is 1.33 bits per heavy atom. The van der Waals surface area contributed by atoms with Gasteiger partial charge in [0.2, 0.25) is 5.91 Å². The van der Waals surface area contributed by atoms with Crippen molar-refractivity contribution >= 4 is 12.0 Å². The molecule has 1 aliphatic heterocycles. The van der Waals surface area contributed by atoms with E-state index in [1.165, 1.54) is 0 Å². The minimum atomic E-state index is -4.43. The van der Waals surface area contributed by atoms with Crippen molar-refractivity contribution in [3.63, 3.8) is 0 Å². The number of fused-ring (bicyclic) bond motifs is 1. The monoisotopic (exact) mass is 338 g/mol. The Labute approximate surface area is 139 Å². The molecule has 6 heteroatoms. The molecule has 1 amide bonds. The van der Waals surface area contributed by atoms with Crippen LogP contribution in [0.15, 0.2) is 30.3 Å². The number of benzene rings is 1. The Hall–Kier alpha value is -1.82. The zero-order valence-corrected chi connectivity index (χ0v) is 13.6. The maximum absolute atomic E-state index is 14.0. The first-order valence-corrected chi connectivity index (χ1v) is 8.26. The molecule has 1 aromatic carbocycles. The van der Waals surface area contributed by atoms with Crippen LogP contribution in [-0.4, -0.2) is 29.7 Å². The molecule has 24 heavy (non-hydrogen) atoms. The number of amides is 1. The molecule has 130 valence electrons. The van der Waals surface area contributed by atoms with Gasteiger partial charge in [-0.05, 0) is 24.0 Å². The van der Waals surface area contributed by atoms with Crippen LogP contribution >= 0.6 is 0 Å². The van der Waals surface area contributed by atoms with Crippen molar-refractivity contribution in [3.8, 4) is 0 Å². The molecule has 1 fully saturated rings. The number of halogens is 3. The van der Waals surface area contributed by atoms with Crippen LogP contribution in [0.5, 0.6) is 0 Å². The minimum Gasteiger partial charge on any atom is -0.288 e. The summed E-state index contributed by atoms with van der Waals surface area (Å²) < 4.78 is 42.0. The fourth-order valence-corrected chi connectivity index (χ4v) is 3.99. The maximum atomic E-state index is 14.0. The number of nitrogens with one attached hydrogen (secondary N) is 1. The predicted octanol–water partition coefficient (Wildman–Crippen LogP) is 3.71. The Morgan fingerprint density at radius 2 is 2.08 bits per heavy atom. The number of hydrogen-bond acceptors (Lipinski definition) is 2. The van der Waals surface area contributed by atoms with E-state index in [9.17, 15) is 18.0 Å². The topological polar surface area (TPSA) is 32.3 Å². The van der Waals surface area contributed by atoms with Crippen LogP contribution in [0.4, 0.5) is 13.2 Å². The number of carbonyl (C=O) groups excluding carboxylic acids is 1. The quantitative estimate of drug-likeness (QED) is 0.908. The van der Waals surface area contributed by atoms with E-state index in [2.05, 4.69) is 5.43 Å². The van der Waals surface area contributed by atoms with Crippen molar-refractivity contribution in [2.24, 2.45) is 5.41 Å². The first-order valence-electron chi connectivity index (χ1n) is 8.26. The zero-order valence-electron chi connectivity index (χ0n) is 13.6. The van der Waals surface area contributed by atoms with Gasteiger partial charge >= 0.3 is 6.18 Å². The molecule has 1 saturated heterocycles. The van der Waals surface area contributed by atoms with Gasteiger partial charge in [0.15, 0.2) is 0 Å². The van der Waals surface area contributed by atoms with Crippen molar-refractivity contribution in [1.29, 1.82) is 0 Å². The summed E-state index contributed by atoms with van der Waals surface area (Å²) in [7, 11) is 0. The second-order valence-corrected chi connectivity index (χ2v) is 6.61. The molecule has 0 radical (unpaired) electrons. The third kappa shape index (κ3) is 3.07. The smallest absolute Gasteiger partial charge is 0.288 e. The van der Waals surface area contributed by atoms with E-state index in [1.807, 2.05) is 31.2 Å². The summed E-state index contributed by atoms with van der Waals surface area (Å²) in [6, 6.07) is 5.83. The number of hydrogen-bond donors (Lipinski definition) is 1. The zero-order chi connectivity index (χ0) is 17.4. The summed E-state index contributed by atoms with van der Waals surface area (Å²) in [5.41, 5.74) is 3.23. The molecule has 0 bridgehead atoms. The first-order chi connectivity index (χ1) is 11.4. The van der Waals surface area contributed by atoms with Gasteiger partial charge < -0.3 is 0 Å². The lowest BCUT2D eigenvalue weighted by atomic mass is 9.68. The summed E-state index contributed by atoms with van der Waals surface area (Å²) in [6.07, 6.45) is 0.560. The fraction of sp³-hybridized carbons (Fsp3) is 0.500. The van der Waals surface area contributed by atoms with Crippen LogP contribution in [-0.2, 0) is 11.2 Å². The summed E-state index contributed by atoms with van der Waals surface area (Å²) in [5.74, 6) is -0.351. The highest BCUT2D eigenvalue weighted by Gasteiger charge is 2.56. The summed E-state index contributed by atoms with van der Waals surface area (Å²) >= 11 is 0. The van der Waals surface area contributed by atoms with Crippen LogP contribution in [0.2, 0.25) is 0 Å². The van der Waals surface area contributed by atoms with Gasteiger partial charge in [0.1, 0.15) is 6.04 Å². The van der Waals surface area contributed by atoms with Crippen LogP contribution < -0.4 is 5.43 Å². The summed E-state index contributed by atoms with van der Waals surface area (Å²) in [4.78, 5) is 11.5. The van der Waals surface area contributed by atoms with Crippen LogP contribution in [0, 0.1) is 5.41 Å². The van der Waals surface area contributed by atoms with Crippen LogP contribution in [0.3, 0.4) is 0 Å². The molecule has 1 N–H and O–H groups in total. The largest absolute Gasteiger partial charge is 0.406 e.